The Bertz CT molecular complexity index is 677. The molecule has 0 spiro atoms. The zero-order valence-corrected chi connectivity index (χ0v) is 14.2. The van der Waals surface area contributed by atoms with Gasteiger partial charge in [0, 0.05) is 6.54 Å². The van der Waals surface area contributed by atoms with E-state index in [-0.39, 0.29) is 12.6 Å². The van der Waals surface area contributed by atoms with Gasteiger partial charge in [-0.1, -0.05) is 0 Å². The van der Waals surface area contributed by atoms with E-state index in [1.165, 1.54) is 0 Å². The summed E-state index contributed by atoms with van der Waals surface area (Å²) < 4.78 is 77.0. The number of nitrogens with one attached hydrogen (secondary N) is 2. The van der Waals surface area contributed by atoms with Gasteiger partial charge in [0.2, 0.25) is 5.91 Å². The van der Waals surface area contributed by atoms with Crippen LogP contribution in [0.15, 0.2) is 18.2 Å². The van der Waals surface area contributed by atoms with Crippen molar-refractivity contribution in [3.63, 3.8) is 0 Å². The van der Waals surface area contributed by atoms with Gasteiger partial charge in [0.05, 0.1) is 48.4 Å². The second kappa shape index (κ2) is 8.23. The maximum absolute atomic E-state index is 12.8. The van der Waals surface area contributed by atoms with Crippen LogP contribution in [-0.2, 0) is 23.6 Å². The van der Waals surface area contributed by atoms with E-state index in [2.05, 4.69) is 10.6 Å². The predicted octanol–water partition coefficient (Wildman–Crippen LogP) is 0.437. The summed E-state index contributed by atoms with van der Waals surface area (Å²) in [4.78, 5) is 11.9. The molecule has 1 aromatic rings. The lowest BCUT2D eigenvalue weighted by atomic mass is 10.0. The van der Waals surface area contributed by atoms with Crippen molar-refractivity contribution >= 4 is 5.91 Å². The quantitative estimate of drug-likeness (QED) is 0.449. The fourth-order valence-electron chi connectivity index (χ4n) is 2.88. The number of aliphatic hydroxyl groups excluding tert-OH is 3. The molecule has 158 valence electrons. The number of carbonyl (C=O) groups excluding carboxylic acids is 1. The normalized spacial score (nSPS) is 25.8. The van der Waals surface area contributed by atoms with Gasteiger partial charge in [0.1, 0.15) is 0 Å². The van der Waals surface area contributed by atoms with Crippen LogP contribution in [-0.4, -0.2) is 58.7 Å². The molecular weight excluding hydrogens is 398 g/mol. The number of aliphatic hydroxyl groups is 3. The van der Waals surface area contributed by atoms with Gasteiger partial charge in [-0.15, -0.1) is 0 Å². The highest BCUT2D eigenvalue weighted by Crippen LogP contribution is 2.36. The summed E-state index contributed by atoms with van der Waals surface area (Å²) in [5, 5.41) is 33.4. The molecular formula is C16H18F6N2O4. The lowest BCUT2D eigenvalue weighted by molar-refractivity contribution is -0.143. The van der Waals surface area contributed by atoms with Gasteiger partial charge < -0.3 is 26.0 Å². The lowest BCUT2D eigenvalue weighted by Crippen LogP contribution is -2.44. The number of rotatable bonds is 5. The number of benzene rings is 1. The third-order valence-corrected chi connectivity index (χ3v) is 4.33. The van der Waals surface area contributed by atoms with E-state index in [9.17, 15) is 41.4 Å². The molecule has 0 radical (unpaired) electrons. The Morgan fingerprint density at radius 3 is 1.89 bits per heavy atom. The van der Waals surface area contributed by atoms with Crippen LogP contribution in [0.4, 0.5) is 26.3 Å². The highest BCUT2D eigenvalue weighted by Gasteiger charge is 2.40. The standard InChI is InChI=1S/C16H18F6N2O4/c17-15(18,19)8-1-7(2-9(4-8)16(20,21)22)3-12(26)23-5-10-13(27)14(28)11(6-25)24-10/h1-2,4,10-11,13-14,24-25,27-28H,3,5-6H2,(H,23,26)/t10-,11-,13-,14-/m1/s1. The summed E-state index contributed by atoms with van der Waals surface area (Å²) in [6.45, 7) is -0.730. The number of hydrogen-bond donors (Lipinski definition) is 5. The van der Waals surface area contributed by atoms with E-state index >= 15 is 0 Å². The van der Waals surface area contributed by atoms with Crippen LogP contribution in [0, 0.1) is 0 Å². The van der Waals surface area contributed by atoms with Crippen molar-refractivity contribution in [3.05, 3.63) is 34.9 Å². The number of halogens is 6. The maximum Gasteiger partial charge on any atom is 0.416 e. The minimum atomic E-state index is -5.01. The fourth-order valence-corrected chi connectivity index (χ4v) is 2.88. The molecule has 0 aromatic heterocycles. The zero-order chi connectivity index (χ0) is 21.3. The lowest BCUT2D eigenvalue weighted by Gasteiger charge is -2.17. The molecule has 1 fully saturated rings. The Labute approximate surface area is 155 Å². The van der Waals surface area contributed by atoms with Crippen LogP contribution in [0.1, 0.15) is 16.7 Å². The number of alkyl halides is 6. The number of amides is 1. The van der Waals surface area contributed by atoms with Gasteiger partial charge in [0.25, 0.3) is 0 Å². The predicted molar refractivity (Wildman–Crippen MR) is 83.0 cm³/mol. The van der Waals surface area contributed by atoms with Crippen molar-refractivity contribution in [3.8, 4) is 0 Å². The van der Waals surface area contributed by atoms with Crippen molar-refractivity contribution in [1.29, 1.82) is 0 Å². The summed E-state index contributed by atoms with van der Waals surface area (Å²) in [6.07, 6.45) is -13.4. The van der Waals surface area contributed by atoms with Crippen molar-refractivity contribution < 1.29 is 46.5 Å². The zero-order valence-electron chi connectivity index (χ0n) is 14.2. The van der Waals surface area contributed by atoms with E-state index in [1.54, 1.807) is 0 Å². The summed E-state index contributed by atoms with van der Waals surface area (Å²) in [5.41, 5.74) is -3.52. The van der Waals surface area contributed by atoms with Crippen molar-refractivity contribution in [2.24, 2.45) is 0 Å². The van der Waals surface area contributed by atoms with E-state index in [0.717, 1.165) is 0 Å². The van der Waals surface area contributed by atoms with Crippen molar-refractivity contribution in [1.82, 2.24) is 10.6 Å². The third kappa shape index (κ3) is 5.34. The third-order valence-electron chi connectivity index (χ3n) is 4.33. The van der Waals surface area contributed by atoms with Crippen molar-refractivity contribution in [2.45, 2.75) is 43.1 Å². The topological polar surface area (TPSA) is 102 Å². The largest absolute Gasteiger partial charge is 0.416 e. The first-order chi connectivity index (χ1) is 12.8. The van der Waals surface area contributed by atoms with Gasteiger partial charge >= 0.3 is 12.4 Å². The molecule has 1 heterocycles. The Kier molecular flexibility index (Phi) is 6.58. The molecule has 1 amide bonds. The number of hydrogen-bond acceptors (Lipinski definition) is 5. The average molecular weight is 416 g/mol. The molecule has 4 atom stereocenters. The molecule has 5 N–H and O–H groups in total. The van der Waals surface area contributed by atoms with Gasteiger partial charge in [-0.05, 0) is 23.8 Å². The molecule has 0 bridgehead atoms. The monoisotopic (exact) mass is 416 g/mol. The minimum absolute atomic E-state index is 0.0311. The molecule has 1 saturated heterocycles. The first-order valence-corrected chi connectivity index (χ1v) is 8.11. The van der Waals surface area contributed by atoms with E-state index in [0.29, 0.717) is 12.1 Å². The van der Waals surface area contributed by atoms with E-state index in [1.807, 2.05) is 0 Å². The molecule has 0 saturated carbocycles. The van der Waals surface area contributed by atoms with Crippen LogP contribution in [0.25, 0.3) is 0 Å². The van der Waals surface area contributed by atoms with E-state index < -0.39 is 72.3 Å². The summed E-state index contributed by atoms with van der Waals surface area (Å²) >= 11 is 0. The first kappa shape index (κ1) is 22.4. The molecule has 1 aliphatic rings. The van der Waals surface area contributed by atoms with Gasteiger partial charge in [-0.25, -0.2) is 0 Å². The second-order valence-corrected chi connectivity index (χ2v) is 6.44. The molecule has 1 aliphatic heterocycles. The number of carbonyl (C=O) groups is 1. The summed E-state index contributed by atoms with van der Waals surface area (Å²) in [7, 11) is 0. The summed E-state index contributed by atoms with van der Waals surface area (Å²) in [5.74, 6) is -0.872. The molecule has 28 heavy (non-hydrogen) atoms. The molecule has 6 nitrogen and oxygen atoms in total. The molecule has 0 aliphatic carbocycles. The van der Waals surface area contributed by atoms with Gasteiger partial charge in [-0.3, -0.25) is 4.79 Å². The van der Waals surface area contributed by atoms with Gasteiger partial charge in [-0.2, -0.15) is 26.3 Å². The molecule has 12 heteroatoms. The average Bonchev–Trinajstić information content (AvgIpc) is 2.86. The van der Waals surface area contributed by atoms with Crippen LogP contribution < -0.4 is 10.6 Å². The maximum atomic E-state index is 12.8. The Balaban J connectivity index is 2.07. The molecule has 0 unspecified atom stereocenters. The van der Waals surface area contributed by atoms with E-state index in [4.69, 9.17) is 5.11 Å². The Morgan fingerprint density at radius 2 is 1.46 bits per heavy atom. The van der Waals surface area contributed by atoms with Crippen LogP contribution in [0.5, 0.6) is 0 Å². The SMILES string of the molecule is O=C(Cc1cc(C(F)(F)F)cc(C(F)(F)F)c1)NC[C@H]1N[C@H](CO)[C@@H](O)[C@@H]1O. The van der Waals surface area contributed by atoms with Crippen LogP contribution >= 0.6 is 0 Å². The Morgan fingerprint density at radius 1 is 0.964 bits per heavy atom. The highest BCUT2D eigenvalue weighted by atomic mass is 19.4. The van der Waals surface area contributed by atoms with Crippen LogP contribution in [0.3, 0.4) is 0 Å². The second-order valence-electron chi connectivity index (χ2n) is 6.44. The summed E-state index contributed by atoms with van der Waals surface area (Å²) in [6, 6.07) is -0.777. The highest BCUT2D eigenvalue weighted by molar-refractivity contribution is 5.78. The van der Waals surface area contributed by atoms with Crippen LogP contribution in [0.2, 0.25) is 0 Å². The minimum Gasteiger partial charge on any atom is -0.395 e. The molecule has 1 aromatic carbocycles. The Hall–Kier alpha value is -1.89. The van der Waals surface area contributed by atoms with Crippen molar-refractivity contribution in [2.75, 3.05) is 13.2 Å². The fraction of sp³-hybridized carbons (Fsp3) is 0.562. The first-order valence-electron chi connectivity index (χ1n) is 8.11. The smallest absolute Gasteiger partial charge is 0.395 e. The van der Waals surface area contributed by atoms with Gasteiger partial charge in [0.15, 0.2) is 0 Å². The molecule has 2 rings (SSSR count).